The van der Waals surface area contributed by atoms with Crippen LogP contribution in [-0.2, 0) is 17.8 Å². The van der Waals surface area contributed by atoms with Crippen LogP contribution in [0.5, 0.6) is 0 Å². The number of morpholine rings is 1. The molecule has 4 heteroatoms. The van der Waals surface area contributed by atoms with E-state index in [-0.39, 0.29) is 11.7 Å². The fourth-order valence-electron chi connectivity index (χ4n) is 2.54. The number of nitrogens with two attached hydrogens (primary N) is 1. The SMILES string of the molecule is CC1CN(Cc2ccc(CN)o2)CC(C)(C)O1. The molecule has 1 aliphatic heterocycles. The molecule has 1 aromatic heterocycles. The molecule has 2 rings (SSSR count). The number of rotatable bonds is 3. The molecule has 1 aromatic rings. The Morgan fingerprint density at radius 3 is 2.71 bits per heavy atom. The van der Waals surface area contributed by atoms with Crippen molar-refractivity contribution in [2.75, 3.05) is 13.1 Å². The fourth-order valence-corrected chi connectivity index (χ4v) is 2.54. The van der Waals surface area contributed by atoms with E-state index in [1.807, 2.05) is 12.1 Å². The largest absolute Gasteiger partial charge is 0.463 e. The Kier molecular flexibility index (Phi) is 3.56. The molecule has 4 nitrogen and oxygen atoms in total. The van der Waals surface area contributed by atoms with Crippen LogP contribution in [0.1, 0.15) is 32.3 Å². The van der Waals surface area contributed by atoms with Gasteiger partial charge in [-0.15, -0.1) is 0 Å². The zero-order chi connectivity index (χ0) is 12.5. The molecule has 0 bridgehead atoms. The molecule has 1 fully saturated rings. The standard InChI is InChI=1S/C13H22N2O2/c1-10-7-15(9-13(2,3)17-10)8-12-5-4-11(6-14)16-12/h4-5,10H,6-9,14H2,1-3H3. The molecule has 2 N–H and O–H groups in total. The van der Waals surface area contributed by atoms with Gasteiger partial charge in [0.25, 0.3) is 0 Å². The summed E-state index contributed by atoms with van der Waals surface area (Å²) in [4.78, 5) is 2.37. The van der Waals surface area contributed by atoms with E-state index in [0.717, 1.165) is 31.2 Å². The Labute approximate surface area is 103 Å². The number of furan rings is 1. The van der Waals surface area contributed by atoms with Gasteiger partial charge in [-0.05, 0) is 32.9 Å². The van der Waals surface area contributed by atoms with Crippen LogP contribution in [0.25, 0.3) is 0 Å². The minimum absolute atomic E-state index is 0.0824. The highest BCUT2D eigenvalue weighted by Gasteiger charge is 2.31. The van der Waals surface area contributed by atoms with E-state index in [4.69, 9.17) is 14.9 Å². The van der Waals surface area contributed by atoms with Crippen molar-refractivity contribution in [2.45, 2.75) is 45.6 Å². The van der Waals surface area contributed by atoms with Crippen LogP contribution in [0.15, 0.2) is 16.5 Å². The van der Waals surface area contributed by atoms with Crippen molar-refractivity contribution in [3.05, 3.63) is 23.7 Å². The molecule has 0 aromatic carbocycles. The third kappa shape index (κ3) is 3.31. The van der Waals surface area contributed by atoms with Crippen molar-refractivity contribution in [1.29, 1.82) is 0 Å². The van der Waals surface area contributed by atoms with E-state index < -0.39 is 0 Å². The Morgan fingerprint density at radius 2 is 2.12 bits per heavy atom. The Bertz CT molecular complexity index is 373. The van der Waals surface area contributed by atoms with Gasteiger partial charge in [-0.1, -0.05) is 0 Å². The first-order valence-corrected chi connectivity index (χ1v) is 6.16. The highest BCUT2D eigenvalue weighted by atomic mass is 16.5. The first-order chi connectivity index (χ1) is 7.98. The monoisotopic (exact) mass is 238 g/mol. The van der Waals surface area contributed by atoms with Crippen LogP contribution >= 0.6 is 0 Å². The lowest BCUT2D eigenvalue weighted by Gasteiger charge is -2.41. The van der Waals surface area contributed by atoms with E-state index >= 15 is 0 Å². The van der Waals surface area contributed by atoms with Gasteiger partial charge in [0.05, 0.1) is 24.8 Å². The van der Waals surface area contributed by atoms with Crippen LogP contribution in [0.2, 0.25) is 0 Å². The summed E-state index contributed by atoms with van der Waals surface area (Å²) in [6.45, 7) is 9.54. The lowest BCUT2D eigenvalue weighted by molar-refractivity contribution is -0.131. The molecular formula is C13H22N2O2. The minimum Gasteiger partial charge on any atom is -0.463 e. The zero-order valence-electron chi connectivity index (χ0n) is 10.9. The van der Waals surface area contributed by atoms with Gasteiger partial charge in [0.1, 0.15) is 11.5 Å². The van der Waals surface area contributed by atoms with E-state index in [1.165, 1.54) is 0 Å². The number of nitrogens with zero attached hydrogens (tertiary/aromatic N) is 1. The van der Waals surface area contributed by atoms with Crippen LogP contribution in [-0.4, -0.2) is 29.7 Å². The number of hydrogen-bond acceptors (Lipinski definition) is 4. The molecule has 0 aliphatic carbocycles. The Balaban J connectivity index is 1.98. The van der Waals surface area contributed by atoms with Gasteiger partial charge in [-0.2, -0.15) is 0 Å². The maximum absolute atomic E-state index is 5.88. The average molecular weight is 238 g/mol. The van der Waals surface area contributed by atoms with Crippen molar-refractivity contribution in [2.24, 2.45) is 5.73 Å². The minimum atomic E-state index is -0.0824. The molecule has 0 saturated carbocycles. The van der Waals surface area contributed by atoms with Gasteiger partial charge in [-0.3, -0.25) is 4.90 Å². The van der Waals surface area contributed by atoms with Crippen LogP contribution in [0.4, 0.5) is 0 Å². The van der Waals surface area contributed by atoms with E-state index in [9.17, 15) is 0 Å². The van der Waals surface area contributed by atoms with Crippen LogP contribution in [0, 0.1) is 0 Å². The first-order valence-electron chi connectivity index (χ1n) is 6.16. The molecule has 17 heavy (non-hydrogen) atoms. The van der Waals surface area contributed by atoms with Gasteiger partial charge in [0.2, 0.25) is 0 Å². The second-order valence-corrected chi connectivity index (χ2v) is 5.43. The molecule has 1 atom stereocenters. The van der Waals surface area contributed by atoms with E-state index in [2.05, 4.69) is 25.7 Å². The smallest absolute Gasteiger partial charge is 0.118 e. The van der Waals surface area contributed by atoms with Crippen LogP contribution < -0.4 is 5.73 Å². The maximum Gasteiger partial charge on any atom is 0.118 e. The van der Waals surface area contributed by atoms with Crippen molar-refractivity contribution in [3.63, 3.8) is 0 Å². The van der Waals surface area contributed by atoms with E-state index in [1.54, 1.807) is 0 Å². The van der Waals surface area contributed by atoms with E-state index in [0.29, 0.717) is 6.54 Å². The summed E-state index contributed by atoms with van der Waals surface area (Å²) < 4.78 is 11.5. The summed E-state index contributed by atoms with van der Waals surface area (Å²) in [6, 6.07) is 3.96. The summed E-state index contributed by atoms with van der Waals surface area (Å²) in [6.07, 6.45) is 0.266. The normalized spacial score (nSPS) is 25.1. The van der Waals surface area contributed by atoms with Gasteiger partial charge in [0, 0.05) is 13.1 Å². The summed E-state index contributed by atoms with van der Waals surface area (Å²) in [5.74, 6) is 1.83. The number of ether oxygens (including phenoxy) is 1. The molecule has 96 valence electrons. The van der Waals surface area contributed by atoms with Gasteiger partial charge < -0.3 is 14.9 Å². The van der Waals surface area contributed by atoms with Crippen molar-refractivity contribution >= 4 is 0 Å². The quantitative estimate of drug-likeness (QED) is 0.871. The summed E-state index contributed by atoms with van der Waals surface area (Å²) in [5.41, 5.74) is 5.45. The average Bonchev–Trinajstić information content (AvgIpc) is 2.62. The molecule has 1 saturated heterocycles. The molecule has 1 aliphatic rings. The molecule has 0 radical (unpaired) electrons. The topological polar surface area (TPSA) is 51.6 Å². The van der Waals surface area contributed by atoms with Crippen molar-refractivity contribution < 1.29 is 9.15 Å². The zero-order valence-corrected chi connectivity index (χ0v) is 10.9. The third-order valence-electron chi connectivity index (χ3n) is 2.94. The summed E-state index contributed by atoms with van der Waals surface area (Å²) >= 11 is 0. The Morgan fingerprint density at radius 1 is 1.41 bits per heavy atom. The van der Waals surface area contributed by atoms with Gasteiger partial charge in [-0.25, -0.2) is 0 Å². The highest BCUT2D eigenvalue weighted by molar-refractivity contribution is 5.07. The number of hydrogen-bond donors (Lipinski definition) is 1. The summed E-state index contributed by atoms with van der Waals surface area (Å²) in [7, 11) is 0. The molecule has 0 spiro atoms. The predicted octanol–water partition coefficient (Wildman–Crippen LogP) is 1.74. The molecular weight excluding hydrogens is 216 g/mol. The predicted molar refractivity (Wildman–Crippen MR) is 66.5 cm³/mol. The first kappa shape index (κ1) is 12.6. The highest BCUT2D eigenvalue weighted by Crippen LogP contribution is 2.22. The van der Waals surface area contributed by atoms with Crippen molar-refractivity contribution in [1.82, 2.24) is 4.90 Å². The Hall–Kier alpha value is -0.840. The fraction of sp³-hybridized carbons (Fsp3) is 0.692. The maximum atomic E-state index is 5.88. The molecule has 2 heterocycles. The van der Waals surface area contributed by atoms with Gasteiger partial charge in [0.15, 0.2) is 0 Å². The molecule has 0 amide bonds. The van der Waals surface area contributed by atoms with Crippen LogP contribution in [0.3, 0.4) is 0 Å². The molecule has 1 unspecified atom stereocenters. The lowest BCUT2D eigenvalue weighted by Crippen LogP contribution is -2.51. The lowest BCUT2D eigenvalue weighted by atomic mass is 10.1. The second-order valence-electron chi connectivity index (χ2n) is 5.43. The third-order valence-corrected chi connectivity index (χ3v) is 2.94. The second kappa shape index (κ2) is 4.80. The summed E-state index contributed by atoms with van der Waals surface area (Å²) in [5, 5.41) is 0. The van der Waals surface area contributed by atoms with Crippen molar-refractivity contribution in [3.8, 4) is 0 Å². The van der Waals surface area contributed by atoms with Gasteiger partial charge >= 0.3 is 0 Å².